The summed E-state index contributed by atoms with van der Waals surface area (Å²) in [7, 11) is 3.95. The van der Waals surface area contributed by atoms with Gasteiger partial charge in [0.2, 0.25) is 0 Å². The van der Waals surface area contributed by atoms with E-state index in [1.165, 1.54) is 6.07 Å². The molecule has 98 valence electrons. The summed E-state index contributed by atoms with van der Waals surface area (Å²) in [4.78, 5) is 17.2. The third-order valence-corrected chi connectivity index (χ3v) is 3.47. The standard InChI is InChI=1S/C13H13N3O2S/c1-15(2)11-5-3-10(4-6-11)14-9-12-7-8-13(19-12)16(17)18/h3-9H,1-2H3/b14-9-. The molecule has 6 heteroatoms. The monoisotopic (exact) mass is 275 g/mol. The van der Waals surface area contributed by atoms with E-state index in [4.69, 9.17) is 0 Å². The fourth-order valence-corrected chi connectivity index (χ4v) is 2.18. The molecule has 0 aliphatic heterocycles. The van der Waals surface area contributed by atoms with E-state index < -0.39 is 4.92 Å². The van der Waals surface area contributed by atoms with E-state index in [-0.39, 0.29) is 5.00 Å². The highest BCUT2D eigenvalue weighted by molar-refractivity contribution is 7.16. The number of hydrogen-bond acceptors (Lipinski definition) is 5. The third kappa shape index (κ3) is 3.38. The molecule has 0 spiro atoms. The minimum Gasteiger partial charge on any atom is -0.378 e. The fraction of sp³-hybridized carbons (Fsp3) is 0.154. The highest BCUT2D eigenvalue weighted by Crippen LogP contribution is 2.23. The average Bonchev–Trinajstić information content (AvgIpc) is 2.86. The van der Waals surface area contributed by atoms with Gasteiger partial charge in [-0.25, -0.2) is 0 Å². The largest absolute Gasteiger partial charge is 0.378 e. The molecule has 0 aliphatic carbocycles. The molecule has 0 fully saturated rings. The van der Waals surface area contributed by atoms with Gasteiger partial charge in [0.1, 0.15) is 0 Å². The first-order chi connectivity index (χ1) is 9.06. The van der Waals surface area contributed by atoms with E-state index in [0.29, 0.717) is 0 Å². The molecule has 1 aromatic carbocycles. The number of nitrogens with zero attached hydrogens (tertiary/aromatic N) is 3. The third-order valence-electron chi connectivity index (χ3n) is 2.50. The second kappa shape index (κ2) is 5.62. The molecule has 0 N–H and O–H groups in total. The summed E-state index contributed by atoms with van der Waals surface area (Å²) >= 11 is 1.11. The number of nitro groups is 1. The van der Waals surface area contributed by atoms with Gasteiger partial charge in [-0.1, -0.05) is 11.3 Å². The summed E-state index contributed by atoms with van der Waals surface area (Å²) in [5.74, 6) is 0. The van der Waals surface area contributed by atoms with Crippen molar-refractivity contribution in [2.75, 3.05) is 19.0 Å². The molecule has 0 saturated heterocycles. The summed E-state index contributed by atoms with van der Waals surface area (Å²) in [6, 6.07) is 11.0. The van der Waals surface area contributed by atoms with Gasteiger partial charge in [0, 0.05) is 32.1 Å². The van der Waals surface area contributed by atoms with Crippen LogP contribution in [0.15, 0.2) is 41.4 Å². The molecule has 0 aliphatic rings. The minimum absolute atomic E-state index is 0.129. The Hall–Kier alpha value is -2.21. The number of benzene rings is 1. The molecular weight excluding hydrogens is 262 g/mol. The number of anilines is 1. The lowest BCUT2D eigenvalue weighted by Gasteiger charge is -2.11. The Balaban J connectivity index is 2.11. The lowest BCUT2D eigenvalue weighted by Crippen LogP contribution is -2.07. The van der Waals surface area contributed by atoms with Crippen molar-refractivity contribution in [3.63, 3.8) is 0 Å². The summed E-state index contributed by atoms with van der Waals surface area (Å²) in [6.45, 7) is 0. The van der Waals surface area contributed by atoms with Crippen molar-refractivity contribution in [3.05, 3.63) is 51.4 Å². The van der Waals surface area contributed by atoms with Crippen LogP contribution >= 0.6 is 11.3 Å². The highest BCUT2D eigenvalue weighted by Gasteiger charge is 2.07. The highest BCUT2D eigenvalue weighted by atomic mass is 32.1. The summed E-state index contributed by atoms with van der Waals surface area (Å²) in [6.07, 6.45) is 1.64. The Morgan fingerprint density at radius 1 is 1.21 bits per heavy atom. The van der Waals surface area contributed by atoms with Crippen LogP contribution in [-0.4, -0.2) is 25.2 Å². The minimum atomic E-state index is -0.395. The van der Waals surface area contributed by atoms with Crippen molar-refractivity contribution in [3.8, 4) is 0 Å². The Morgan fingerprint density at radius 3 is 2.42 bits per heavy atom. The zero-order valence-corrected chi connectivity index (χ0v) is 11.4. The van der Waals surface area contributed by atoms with E-state index in [1.807, 2.05) is 43.3 Å². The molecule has 0 atom stereocenters. The first-order valence-electron chi connectivity index (χ1n) is 5.62. The second-order valence-electron chi connectivity index (χ2n) is 4.10. The first-order valence-corrected chi connectivity index (χ1v) is 6.43. The van der Waals surface area contributed by atoms with E-state index in [1.54, 1.807) is 12.3 Å². The van der Waals surface area contributed by atoms with Crippen LogP contribution in [0.1, 0.15) is 4.88 Å². The van der Waals surface area contributed by atoms with Gasteiger partial charge in [-0.15, -0.1) is 0 Å². The van der Waals surface area contributed by atoms with Crippen LogP contribution in [0.5, 0.6) is 0 Å². The normalized spacial score (nSPS) is 10.8. The molecule has 0 bridgehead atoms. The van der Waals surface area contributed by atoms with Crippen LogP contribution in [0.4, 0.5) is 16.4 Å². The van der Waals surface area contributed by atoms with Crippen LogP contribution < -0.4 is 4.90 Å². The molecule has 1 aromatic heterocycles. The summed E-state index contributed by atoms with van der Waals surface area (Å²) in [5, 5.41) is 10.7. The maximum absolute atomic E-state index is 10.6. The summed E-state index contributed by atoms with van der Waals surface area (Å²) < 4.78 is 0. The van der Waals surface area contributed by atoms with Gasteiger partial charge in [0.15, 0.2) is 0 Å². The summed E-state index contributed by atoms with van der Waals surface area (Å²) in [5.41, 5.74) is 1.92. The van der Waals surface area contributed by atoms with Crippen molar-refractivity contribution >= 4 is 33.9 Å². The van der Waals surface area contributed by atoms with E-state index in [9.17, 15) is 10.1 Å². The van der Waals surface area contributed by atoms with Gasteiger partial charge < -0.3 is 4.90 Å². The average molecular weight is 275 g/mol. The molecule has 0 radical (unpaired) electrons. The molecule has 19 heavy (non-hydrogen) atoms. The van der Waals surface area contributed by atoms with Gasteiger partial charge in [-0.3, -0.25) is 15.1 Å². The Labute approximate surface area is 115 Å². The second-order valence-corrected chi connectivity index (χ2v) is 5.20. The van der Waals surface area contributed by atoms with Crippen LogP contribution in [0.2, 0.25) is 0 Å². The predicted molar refractivity (Wildman–Crippen MR) is 79.0 cm³/mol. The Morgan fingerprint density at radius 2 is 1.89 bits per heavy atom. The molecular formula is C13H13N3O2S. The quantitative estimate of drug-likeness (QED) is 0.487. The molecule has 0 saturated carbocycles. The van der Waals surface area contributed by atoms with E-state index in [0.717, 1.165) is 27.6 Å². The zero-order valence-electron chi connectivity index (χ0n) is 10.6. The molecule has 2 aromatic rings. The van der Waals surface area contributed by atoms with Gasteiger partial charge in [-0.2, -0.15) is 0 Å². The molecule has 5 nitrogen and oxygen atoms in total. The molecule has 2 rings (SSSR count). The van der Waals surface area contributed by atoms with E-state index in [2.05, 4.69) is 4.99 Å². The van der Waals surface area contributed by atoms with Gasteiger partial charge >= 0.3 is 5.00 Å². The van der Waals surface area contributed by atoms with Crippen LogP contribution in [0.25, 0.3) is 0 Å². The van der Waals surface area contributed by atoms with Crippen molar-refractivity contribution in [1.29, 1.82) is 0 Å². The van der Waals surface area contributed by atoms with Crippen molar-refractivity contribution in [2.45, 2.75) is 0 Å². The maximum atomic E-state index is 10.6. The molecule has 0 amide bonds. The van der Waals surface area contributed by atoms with Gasteiger partial charge in [-0.05, 0) is 30.3 Å². The van der Waals surface area contributed by atoms with Crippen LogP contribution in [0.3, 0.4) is 0 Å². The number of thiophene rings is 1. The van der Waals surface area contributed by atoms with Crippen molar-refractivity contribution < 1.29 is 4.92 Å². The van der Waals surface area contributed by atoms with Gasteiger partial charge in [0.05, 0.1) is 15.5 Å². The maximum Gasteiger partial charge on any atom is 0.324 e. The molecule has 0 unspecified atom stereocenters. The SMILES string of the molecule is CN(C)c1ccc(/N=C\c2ccc([N+](=O)[O-])s2)cc1. The van der Waals surface area contributed by atoms with Crippen molar-refractivity contribution in [2.24, 2.45) is 4.99 Å². The lowest BCUT2D eigenvalue weighted by atomic mass is 10.3. The predicted octanol–water partition coefficient (Wildman–Crippen LogP) is 3.47. The van der Waals surface area contributed by atoms with E-state index >= 15 is 0 Å². The number of aliphatic imine (C=N–C) groups is 1. The Bertz CT molecular complexity index is 603. The van der Waals surface area contributed by atoms with Crippen LogP contribution in [0, 0.1) is 10.1 Å². The number of hydrogen-bond donors (Lipinski definition) is 0. The smallest absolute Gasteiger partial charge is 0.324 e. The number of rotatable bonds is 4. The molecule has 1 heterocycles. The van der Waals surface area contributed by atoms with Crippen LogP contribution in [-0.2, 0) is 0 Å². The van der Waals surface area contributed by atoms with Gasteiger partial charge in [0.25, 0.3) is 0 Å². The fourth-order valence-electron chi connectivity index (χ4n) is 1.48. The van der Waals surface area contributed by atoms with Crippen molar-refractivity contribution in [1.82, 2.24) is 0 Å². The Kier molecular flexibility index (Phi) is 3.91. The zero-order chi connectivity index (χ0) is 13.8. The topological polar surface area (TPSA) is 58.7 Å². The lowest BCUT2D eigenvalue weighted by molar-refractivity contribution is -0.380. The first kappa shape index (κ1) is 13.2.